The summed E-state index contributed by atoms with van der Waals surface area (Å²) in [6.07, 6.45) is 1.66. The summed E-state index contributed by atoms with van der Waals surface area (Å²) < 4.78 is 9.67. The van der Waals surface area contributed by atoms with Gasteiger partial charge in [-0.1, -0.05) is 13.8 Å². The fourth-order valence-corrected chi connectivity index (χ4v) is 1.36. The molecule has 0 heterocycles. The Kier molecular flexibility index (Phi) is 28.8. The van der Waals surface area contributed by atoms with Crippen molar-refractivity contribution in [1.29, 1.82) is 0 Å². The second kappa shape index (κ2) is 25.7. The maximum atomic E-state index is 9.90. The van der Waals surface area contributed by atoms with Gasteiger partial charge in [0.1, 0.15) is 0 Å². The molecule has 0 aliphatic carbocycles. The first-order chi connectivity index (χ1) is 13.2. The molecular formula is C18H38O10. The van der Waals surface area contributed by atoms with Crippen molar-refractivity contribution < 1.29 is 49.7 Å². The molecular weight excluding hydrogens is 376 g/mol. The molecule has 0 aliphatic rings. The van der Waals surface area contributed by atoms with E-state index < -0.39 is 11.9 Å². The Balaban J connectivity index is -0.000000336. The van der Waals surface area contributed by atoms with E-state index in [2.05, 4.69) is 0 Å². The van der Waals surface area contributed by atoms with Crippen LogP contribution in [0.4, 0.5) is 0 Å². The topological polar surface area (TPSA) is 174 Å². The molecule has 10 heteroatoms. The quantitative estimate of drug-likeness (QED) is 0.204. The van der Waals surface area contributed by atoms with Gasteiger partial charge in [0, 0.05) is 12.8 Å². The summed E-state index contributed by atoms with van der Waals surface area (Å²) in [5, 5.41) is 50.5. The number of aliphatic hydroxyl groups is 4. The van der Waals surface area contributed by atoms with Crippen molar-refractivity contribution in [2.75, 3.05) is 39.6 Å². The lowest BCUT2D eigenvalue weighted by Gasteiger charge is -2.06. The number of rotatable bonds is 15. The highest BCUT2D eigenvalue weighted by atomic mass is 16.5. The summed E-state index contributed by atoms with van der Waals surface area (Å²) in [6.45, 7) is 5.11. The van der Waals surface area contributed by atoms with E-state index in [1.807, 2.05) is 13.8 Å². The minimum Gasteiger partial charge on any atom is -0.481 e. The standard InChI is InChI=1S/C6H10O4.2C6H14O3/c7-5(8)3-1-2-4-6(9)10;2*1-2-6(8)5-9-4-3-7/h1-4H2,(H,7,8)(H,9,10);2*6-8H,2-5H2,1H3. The first kappa shape index (κ1) is 31.4. The first-order valence-corrected chi connectivity index (χ1v) is 9.41. The van der Waals surface area contributed by atoms with Crippen LogP contribution >= 0.6 is 0 Å². The van der Waals surface area contributed by atoms with Crippen molar-refractivity contribution in [3.8, 4) is 0 Å². The van der Waals surface area contributed by atoms with E-state index >= 15 is 0 Å². The smallest absolute Gasteiger partial charge is 0.303 e. The summed E-state index contributed by atoms with van der Waals surface area (Å²) in [7, 11) is 0. The van der Waals surface area contributed by atoms with Gasteiger partial charge in [-0.2, -0.15) is 0 Å². The SMILES string of the molecule is CCC(O)COCCO.CCC(O)COCCO.O=C(O)CCCCC(=O)O. The summed E-state index contributed by atoms with van der Waals surface area (Å²) in [5.41, 5.74) is 0. The van der Waals surface area contributed by atoms with Gasteiger partial charge < -0.3 is 40.1 Å². The van der Waals surface area contributed by atoms with Crippen LogP contribution in [0.25, 0.3) is 0 Å². The van der Waals surface area contributed by atoms with Gasteiger partial charge in [-0.15, -0.1) is 0 Å². The van der Waals surface area contributed by atoms with Crippen LogP contribution in [0, 0.1) is 0 Å². The third kappa shape index (κ3) is 35.7. The Morgan fingerprint density at radius 3 is 1.29 bits per heavy atom. The van der Waals surface area contributed by atoms with E-state index in [1.165, 1.54) is 0 Å². The van der Waals surface area contributed by atoms with Crippen LogP contribution in [0.2, 0.25) is 0 Å². The molecule has 0 saturated heterocycles. The van der Waals surface area contributed by atoms with Crippen LogP contribution in [-0.2, 0) is 19.1 Å². The molecule has 0 bridgehead atoms. The van der Waals surface area contributed by atoms with Gasteiger partial charge in [0.25, 0.3) is 0 Å². The van der Waals surface area contributed by atoms with Crippen LogP contribution in [0.15, 0.2) is 0 Å². The Bertz CT molecular complexity index is 306. The molecule has 2 unspecified atom stereocenters. The number of carbonyl (C=O) groups is 2. The summed E-state index contributed by atoms with van der Waals surface area (Å²) in [5.74, 6) is -1.74. The first-order valence-electron chi connectivity index (χ1n) is 9.41. The van der Waals surface area contributed by atoms with Gasteiger partial charge in [0.2, 0.25) is 0 Å². The molecule has 6 N–H and O–H groups in total. The third-order valence-corrected chi connectivity index (χ3v) is 3.07. The highest BCUT2D eigenvalue weighted by Gasteiger charge is 1.99. The lowest BCUT2D eigenvalue weighted by Crippen LogP contribution is -2.15. The molecule has 0 aromatic heterocycles. The molecule has 0 spiro atoms. The van der Waals surface area contributed by atoms with Crippen molar-refractivity contribution in [1.82, 2.24) is 0 Å². The lowest BCUT2D eigenvalue weighted by molar-refractivity contribution is -0.139. The van der Waals surface area contributed by atoms with E-state index in [0.29, 0.717) is 52.1 Å². The lowest BCUT2D eigenvalue weighted by atomic mass is 10.2. The predicted molar refractivity (Wildman–Crippen MR) is 102 cm³/mol. The van der Waals surface area contributed by atoms with E-state index in [4.69, 9.17) is 40.1 Å². The van der Waals surface area contributed by atoms with Crippen molar-refractivity contribution in [2.24, 2.45) is 0 Å². The molecule has 0 radical (unpaired) electrons. The van der Waals surface area contributed by atoms with Crippen molar-refractivity contribution in [2.45, 2.75) is 64.6 Å². The molecule has 28 heavy (non-hydrogen) atoms. The average Bonchev–Trinajstić information content (AvgIpc) is 2.66. The van der Waals surface area contributed by atoms with Gasteiger partial charge in [-0.25, -0.2) is 0 Å². The third-order valence-electron chi connectivity index (χ3n) is 3.07. The Hall–Kier alpha value is -1.30. The number of carboxylic acid groups (broad SMARTS) is 2. The number of hydrogen-bond acceptors (Lipinski definition) is 8. The fourth-order valence-electron chi connectivity index (χ4n) is 1.36. The number of unbranched alkanes of at least 4 members (excludes halogenated alkanes) is 1. The fraction of sp³-hybridized carbons (Fsp3) is 0.889. The molecule has 0 saturated carbocycles. The van der Waals surface area contributed by atoms with Crippen LogP contribution in [-0.4, -0.2) is 94.4 Å². The highest BCUT2D eigenvalue weighted by molar-refractivity contribution is 5.67. The Morgan fingerprint density at radius 2 is 1.07 bits per heavy atom. The Morgan fingerprint density at radius 1 is 0.750 bits per heavy atom. The zero-order chi connectivity index (χ0) is 22.2. The molecule has 0 amide bonds. The number of aliphatic carboxylic acids is 2. The van der Waals surface area contributed by atoms with E-state index in [0.717, 1.165) is 0 Å². The largest absolute Gasteiger partial charge is 0.481 e. The van der Waals surface area contributed by atoms with Gasteiger partial charge in [-0.3, -0.25) is 9.59 Å². The molecule has 0 aromatic rings. The number of hydrogen-bond donors (Lipinski definition) is 6. The molecule has 0 aliphatic heterocycles. The number of aliphatic hydroxyl groups excluding tert-OH is 4. The summed E-state index contributed by atoms with van der Waals surface area (Å²) in [4.78, 5) is 19.8. The van der Waals surface area contributed by atoms with Crippen LogP contribution in [0.3, 0.4) is 0 Å². The van der Waals surface area contributed by atoms with Crippen LogP contribution in [0.1, 0.15) is 52.4 Å². The predicted octanol–water partition coefficient (Wildman–Crippen LogP) is 0.248. The molecule has 2 atom stereocenters. The number of ether oxygens (including phenoxy) is 2. The number of carboxylic acids is 2. The zero-order valence-electron chi connectivity index (χ0n) is 17.0. The monoisotopic (exact) mass is 414 g/mol. The second-order valence-electron chi connectivity index (χ2n) is 5.72. The van der Waals surface area contributed by atoms with Crippen LogP contribution in [0.5, 0.6) is 0 Å². The average molecular weight is 414 g/mol. The molecule has 170 valence electrons. The molecule has 0 aromatic carbocycles. The molecule has 0 rings (SSSR count). The Labute approximate surface area is 166 Å². The van der Waals surface area contributed by atoms with Crippen LogP contribution < -0.4 is 0 Å². The van der Waals surface area contributed by atoms with Gasteiger partial charge in [-0.05, 0) is 25.7 Å². The van der Waals surface area contributed by atoms with Crippen molar-refractivity contribution in [3.63, 3.8) is 0 Å². The molecule has 10 nitrogen and oxygen atoms in total. The highest BCUT2D eigenvalue weighted by Crippen LogP contribution is 1.98. The molecule has 0 fully saturated rings. The minimum absolute atomic E-state index is 0.0242. The normalized spacial score (nSPS) is 12.1. The van der Waals surface area contributed by atoms with E-state index in [1.54, 1.807) is 0 Å². The maximum absolute atomic E-state index is 9.90. The summed E-state index contributed by atoms with van der Waals surface area (Å²) in [6, 6.07) is 0. The maximum Gasteiger partial charge on any atom is 0.303 e. The summed E-state index contributed by atoms with van der Waals surface area (Å²) >= 11 is 0. The van der Waals surface area contributed by atoms with E-state index in [-0.39, 0.29) is 38.3 Å². The van der Waals surface area contributed by atoms with Crippen molar-refractivity contribution >= 4 is 11.9 Å². The van der Waals surface area contributed by atoms with Gasteiger partial charge in [0.05, 0.1) is 51.8 Å². The second-order valence-corrected chi connectivity index (χ2v) is 5.72. The van der Waals surface area contributed by atoms with Gasteiger partial charge >= 0.3 is 11.9 Å². The van der Waals surface area contributed by atoms with Gasteiger partial charge in [0.15, 0.2) is 0 Å². The zero-order valence-corrected chi connectivity index (χ0v) is 17.0. The van der Waals surface area contributed by atoms with E-state index in [9.17, 15) is 9.59 Å². The minimum atomic E-state index is -0.870. The van der Waals surface area contributed by atoms with Crippen molar-refractivity contribution in [3.05, 3.63) is 0 Å².